The Morgan fingerprint density at radius 2 is 1.61 bits per heavy atom. The number of hydrogen-bond acceptors (Lipinski definition) is 4. The van der Waals surface area contributed by atoms with Crippen LogP contribution in [0.15, 0.2) is 59.7 Å². The highest BCUT2D eigenvalue weighted by molar-refractivity contribution is 8.37. The monoisotopic (exact) mass is 388 g/mol. The van der Waals surface area contributed by atoms with Gasteiger partial charge in [0.15, 0.2) is 0 Å². The molecule has 0 spiro atoms. The molecule has 2 rings (SSSR count). The van der Waals surface area contributed by atoms with Crippen LogP contribution >= 0.6 is 27.4 Å². The molecule has 2 aromatic rings. The number of benzene rings is 2. The Hall–Kier alpha value is -1.26. The second-order valence-electron chi connectivity index (χ2n) is 4.46. The molecule has 122 valence electrons. The van der Waals surface area contributed by atoms with E-state index < -0.39 is 4.89 Å². The molecule has 8 heteroatoms. The van der Waals surface area contributed by atoms with Crippen molar-refractivity contribution in [2.24, 2.45) is 5.10 Å². The molecule has 23 heavy (non-hydrogen) atoms. The first-order valence-electron chi connectivity index (χ1n) is 6.63. The first-order valence-corrected chi connectivity index (χ1v) is 11.2. The minimum Gasteiger partial charge on any atom is -0.458 e. The summed E-state index contributed by atoms with van der Waals surface area (Å²) in [7, 11) is 1.65. The van der Waals surface area contributed by atoms with Gasteiger partial charge in [0.2, 0.25) is 11.7 Å². The van der Waals surface area contributed by atoms with Crippen molar-refractivity contribution in [3.05, 3.63) is 60.2 Å². The topological polar surface area (TPSA) is 34.1 Å². The fraction of sp³-hybridized carbons (Fsp3) is 0.133. The normalized spacial score (nSPS) is 11.4. The van der Waals surface area contributed by atoms with E-state index in [1.165, 1.54) is 4.78 Å². The quantitative estimate of drug-likeness (QED) is 0.287. The van der Waals surface area contributed by atoms with Crippen molar-refractivity contribution in [3.63, 3.8) is 0 Å². The van der Waals surface area contributed by atoms with Gasteiger partial charge in [0.05, 0.1) is 6.21 Å². The molecule has 0 saturated heterocycles. The third kappa shape index (κ3) is 6.40. The molecular weight excluding hydrogens is 374 g/mol. The lowest BCUT2D eigenvalue weighted by atomic mass is 10.2. The van der Waals surface area contributed by atoms with Gasteiger partial charge in [0.25, 0.3) is 0 Å². The maximum atomic E-state index is 5.85. The lowest BCUT2D eigenvalue weighted by Gasteiger charge is -2.15. The lowest BCUT2D eigenvalue weighted by Crippen LogP contribution is -2.05. The van der Waals surface area contributed by atoms with Gasteiger partial charge in [-0.25, -0.2) is 4.78 Å². The van der Waals surface area contributed by atoms with Crippen molar-refractivity contribution >= 4 is 45.4 Å². The number of nitrogens with zero attached hydrogens (tertiary/aromatic N) is 2. The van der Waals surface area contributed by atoms with Crippen LogP contribution in [0.2, 0.25) is 0 Å². The summed E-state index contributed by atoms with van der Waals surface area (Å²) in [6, 6.07) is 16.9. The molecule has 4 nitrogen and oxygen atoms in total. The average molecular weight is 389 g/mol. The zero-order chi connectivity index (χ0) is 16.7. The summed E-state index contributed by atoms with van der Waals surface area (Å²) in [4.78, 5) is -2.58. The van der Waals surface area contributed by atoms with Gasteiger partial charge in [-0.05, 0) is 76.3 Å². The van der Waals surface area contributed by atoms with Crippen LogP contribution in [-0.2, 0) is 11.8 Å². The van der Waals surface area contributed by atoms with E-state index in [4.69, 9.17) is 43.8 Å². The van der Waals surface area contributed by atoms with E-state index in [-0.39, 0.29) is 6.79 Å². The molecule has 0 aliphatic heterocycles. The number of ether oxygens (including phenoxy) is 2. The Labute approximate surface area is 150 Å². The molecule has 0 heterocycles. The standard InChI is InChI=1S/C15H15Cl2N2O2PS/c1-19(22(16,17)23)18-11-13-7-9-15(10-8-13)21-12-20-14-5-3-2-4-6-14/h2-11H,12H2,1H3/b18-11-. The van der Waals surface area contributed by atoms with Crippen molar-refractivity contribution in [2.75, 3.05) is 13.8 Å². The van der Waals surface area contributed by atoms with Crippen molar-refractivity contribution in [3.8, 4) is 11.5 Å². The van der Waals surface area contributed by atoms with Crippen molar-refractivity contribution in [1.29, 1.82) is 0 Å². The zero-order valence-electron chi connectivity index (χ0n) is 12.3. The Morgan fingerprint density at radius 1 is 1.04 bits per heavy atom. The Kier molecular flexibility index (Phi) is 6.72. The SMILES string of the molecule is CN(/N=C\c1ccc(OCOc2ccccc2)cc1)P(=S)(Cl)Cl. The molecule has 0 unspecified atom stereocenters. The minimum atomic E-state index is -2.58. The second-order valence-corrected chi connectivity index (χ2v) is 12.1. The highest BCUT2D eigenvalue weighted by Crippen LogP contribution is 2.59. The largest absolute Gasteiger partial charge is 0.458 e. The second kappa shape index (κ2) is 8.55. The fourth-order valence-corrected chi connectivity index (χ4v) is 2.08. The zero-order valence-corrected chi connectivity index (χ0v) is 15.5. The molecule has 0 aliphatic carbocycles. The first kappa shape index (κ1) is 18.1. The summed E-state index contributed by atoms with van der Waals surface area (Å²) in [5.41, 5.74) is 0.880. The highest BCUT2D eigenvalue weighted by atomic mass is 35.9. The predicted molar refractivity (Wildman–Crippen MR) is 100 cm³/mol. The van der Waals surface area contributed by atoms with E-state index in [0.717, 1.165) is 11.3 Å². The summed E-state index contributed by atoms with van der Waals surface area (Å²) in [6.45, 7) is 0.141. The average Bonchev–Trinajstić information content (AvgIpc) is 2.54. The third-order valence-corrected chi connectivity index (χ3v) is 5.58. The van der Waals surface area contributed by atoms with Gasteiger partial charge in [0.1, 0.15) is 11.5 Å². The molecule has 0 atom stereocenters. The molecular formula is C15H15Cl2N2O2PS. The van der Waals surface area contributed by atoms with Gasteiger partial charge in [-0.15, -0.1) is 0 Å². The maximum Gasteiger partial charge on any atom is 0.230 e. The predicted octanol–water partition coefficient (Wildman–Crippen LogP) is 5.07. The summed E-state index contributed by atoms with van der Waals surface area (Å²) < 4.78 is 12.4. The fourth-order valence-electron chi connectivity index (χ4n) is 1.54. The summed E-state index contributed by atoms with van der Waals surface area (Å²) in [5.74, 6) is 1.46. The molecule has 0 aliphatic rings. The van der Waals surface area contributed by atoms with E-state index in [0.29, 0.717) is 5.75 Å². The van der Waals surface area contributed by atoms with Crippen molar-refractivity contribution in [2.45, 2.75) is 0 Å². The van der Waals surface area contributed by atoms with Gasteiger partial charge in [-0.3, -0.25) is 0 Å². The molecule has 0 aromatic heterocycles. The molecule has 0 bridgehead atoms. The summed E-state index contributed by atoms with van der Waals surface area (Å²) in [6.07, 6.45) is 1.63. The van der Waals surface area contributed by atoms with Gasteiger partial charge in [-0.2, -0.15) is 5.10 Å². The third-order valence-electron chi connectivity index (χ3n) is 2.79. The van der Waals surface area contributed by atoms with Crippen LogP contribution in [0.1, 0.15) is 5.56 Å². The van der Waals surface area contributed by atoms with Gasteiger partial charge >= 0.3 is 0 Å². The van der Waals surface area contributed by atoms with E-state index >= 15 is 0 Å². The highest BCUT2D eigenvalue weighted by Gasteiger charge is 2.12. The Bertz CT molecular complexity index is 692. The van der Waals surface area contributed by atoms with Crippen LogP contribution in [0.4, 0.5) is 0 Å². The maximum absolute atomic E-state index is 5.85. The van der Waals surface area contributed by atoms with Gasteiger partial charge < -0.3 is 9.47 Å². The Morgan fingerprint density at radius 3 is 2.17 bits per heavy atom. The van der Waals surface area contributed by atoms with Crippen LogP contribution in [0.5, 0.6) is 11.5 Å². The molecule has 2 aromatic carbocycles. The number of rotatable bonds is 7. The Balaban J connectivity index is 1.85. The van der Waals surface area contributed by atoms with Crippen molar-refractivity contribution < 1.29 is 9.47 Å². The molecule has 0 saturated carbocycles. The van der Waals surface area contributed by atoms with Crippen LogP contribution in [0.3, 0.4) is 0 Å². The molecule has 0 fully saturated rings. The van der Waals surface area contributed by atoms with Crippen LogP contribution in [0, 0.1) is 0 Å². The summed E-state index contributed by atoms with van der Waals surface area (Å²) >= 11 is 16.7. The number of hydrogen-bond donors (Lipinski definition) is 0. The van der Waals surface area contributed by atoms with E-state index in [9.17, 15) is 0 Å². The molecule has 0 N–H and O–H groups in total. The van der Waals surface area contributed by atoms with Gasteiger partial charge in [-0.1, -0.05) is 18.2 Å². The van der Waals surface area contributed by atoms with Crippen LogP contribution in [-0.4, -0.2) is 24.8 Å². The van der Waals surface area contributed by atoms with Gasteiger partial charge in [0, 0.05) is 7.05 Å². The molecule has 0 amide bonds. The minimum absolute atomic E-state index is 0.141. The van der Waals surface area contributed by atoms with E-state index in [1.54, 1.807) is 13.3 Å². The van der Waals surface area contributed by atoms with Crippen LogP contribution in [0.25, 0.3) is 0 Å². The van der Waals surface area contributed by atoms with Crippen LogP contribution < -0.4 is 9.47 Å². The molecule has 0 radical (unpaired) electrons. The summed E-state index contributed by atoms with van der Waals surface area (Å²) in [5, 5.41) is 4.12. The first-order chi connectivity index (χ1) is 10.9. The lowest BCUT2D eigenvalue weighted by molar-refractivity contribution is 0.120. The number of halogens is 2. The number of hydrazone groups is 1. The number of para-hydroxylation sites is 1. The van der Waals surface area contributed by atoms with E-state index in [2.05, 4.69) is 5.10 Å². The smallest absolute Gasteiger partial charge is 0.230 e. The van der Waals surface area contributed by atoms with E-state index in [1.807, 2.05) is 54.6 Å². The van der Waals surface area contributed by atoms with Crippen molar-refractivity contribution in [1.82, 2.24) is 4.78 Å².